The summed E-state index contributed by atoms with van der Waals surface area (Å²) in [4.78, 5) is 41.2. The van der Waals surface area contributed by atoms with Crippen LogP contribution in [0.4, 0.5) is 10.5 Å². The number of carbonyl (C=O) groups excluding carboxylic acids is 3. The van der Waals surface area contributed by atoms with Crippen molar-refractivity contribution in [3.63, 3.8) is 0 Å². The van der Waals surface area contributed by atoms with E-state index >= 15 is 0 Å². The van der Waals surface area contributed by atoms with Gasteiger partial charge in [-0.25, -0.2) is 4.79 Å². The molecule has 8 heteroatoms. The highest BCUT2D eigenvalue weighted by Crippen LogP contribution is 2.32. The minimum absolute atomic E-state index is 0.259. The molecule has 1 aliphatic carbocycles. The van der Waals surface area contributed by atoms with Crippen molar-refractivity contribution in [1.29, 1.82) is 0 Å². The molecule has 2 aliphatic heterocycles. The smallest absolute Gasteiger partial charge is 0.325 e. The van der Waals surface area contributed by atoms with Crippen LogP contribution in [-0.2, 0) is 20.9 Å². The molecule has 2 N–H and O–H groups in total. The molecule has 162 valence electrons. The summed E-state index contributed by atoms with van der Waals surface area (Å²) in [5, 5.41) is 5.67. The number of amides is 4. The minimum Gasteiger partial charge on any atom is -0.379 e. The van der Waals surface area contributed by atoms with Gasteiger partial charge < -0.3 is 15.4 Å². The van der Waals surface area contributed by atoms with Crippen molar-refractivity contribution in [2.45, 2.75) is 50.6 Å². The Morgan fingerprint density at radius 1 is 1.03 bits per heavy atom. The van der Waals surface area contributed by atoms with Gasteiger partial charge in [0, 0.05) is 25.3 Å². The third-order valence-corrected chi connectivity index (χ3v) is 6.25. The molecule has 1 aromatic carbocycles. The Balaban J connectivity index is 1.31. The lowest BCUT2D eigenvalue weighted by atomic mass is 9.90. The number of hydrogen-bond donors (Lipinski definition) is 2. The van der Waals surface area contributed by atoms with Crippen LogP contribution in [0.3, 0.4) is 0 Å². The number of benzene rings is 1. The van der Waals surface area contributed by atoms with Gasteiger partial charge in [0.25, 0.3) is 5.91 Å². The van der Waals surface area contributed by atoms with Crippen molar-refractivity contribution in [2.75, 3.05) is 38.2 Å². The van der Waals surface area contributed by atoms with Gasteiger partial charge in [0.2, 0.25) is 5.91 Å². The molecule has 3 fully saturated rings. The highest BCUT2D eigenvalue weighted by atomic mass is 16.5. The van der Waals surface area contributed by atoms with Gasteiger partial charge in [0.1, 0.15) is 12.1 Å². The Bertz CT molecular complexity index is 781. The van der Waals surface area contributed by atoms with Gasteiger partial charge in [-0.05, 0) is 30.5 Å². The van der Waals surface area contributed by atoms with Gasteiger partial charge >= 0.3 is 6.03 Å². The topological polar surface area (TPSA) is 91.0 Å². The van der Waals surface area contributed by atoms with Crippen LogP contribution in [0.15, 0.2) is 24.3 Å². The number of morpholine rings is 1. The van der Waals surface area contributed by atoms with E-state index in [-0.39, 0.29) is 18.4 Å². The lowest BCUT2D eigenvalue weighted by molar-refractivity contribution is -0.134. The van der Waals surface area contributed by atoms with Crippen molar-refractivity contribution in [2.24, 2.45) is 0 Å². The molecule has 1 spiro atoms. The van der Waals surface area contributed by atoms with Gasteiger partial charge in [0.15, 0.2) is 0 Å². The summed E-state index contributed by atoms with van der Waals surface area (Å²) in [5.74, 6) is -0.629. The van der Waals surface area contributed by atoms with E-state index in [1.54, 1.807) is 0 Å². The summed E-state index contributed by atoms with van der Waals surface area (Å²) in [6.07, 6.45) is 5.30. The normalized spacial score (nSPS) is 22.1. The number of rotatable bonds is 5. The monoisotopic (exact) mass is 414 g/mol. The molecule has 0 atom stereocenters. The summed E-state index contributed by atoms with van der Waals surface area (Å²) >= 11 is 0. The lowest BCUT2D eigenvalue weighted by Crippen LogP contribution is -2.47. The zero-order valence-corrected chi connectivity index (χ0v) is 17.3. The van der Waals surface area contributed by atoms with Crippen LogP contribution in [0, 0.1) is 0 Å². The van der Waals surface area contributed by atoms with Crippen LogP contribution in [-0.4, -0.2) is 66.0 Å². The Morgan fingerprint density at radius 2 is 1.70 bits per heavy atom. The molecule has 4 rings (SSSR count). The van der Waals surface area contributed by atoms with Gasteiger partial charge in [-0.2, -0.15) is 0 Å². The van der Waals surface area contributed by atoms with Crippen LogP contribution >= 0.6 is 0 Å². The van der Waals surface area contributed by atoms with Crippen LogP contribution in [0.2, 0.25) is 0 Å². The van der Waals surface area contributed by atoms with E-state index in [1.165, 1.54) is 5.56 Å². The molecule has 1 aromatic rings. The number of urea groups is 1. The Labute approximate surface area is 176 Å². The third-order valence-electron chi connectivity index (χ3n) is 6.25. The molecular weight excluding hydrogens is 384 g/mol. The summed E-state index contributed by atoms with van der Waals surface area (Å²) < 4.78 is 5.37. The van der Waals surface area contributed by atoms with E-state index < -0.39 is 11.6 Å². The van der Waals surface area contributed by atoms with Crippen LogP contribution in [0.25, 0.3) is 0 Å². The maximum atomic E-state index is 12.9. The molecule has 2 heterocycles. The Kier molecular flexibility index (Phi) is 6.34. The largest absolute Gasteiger partial charge is 0.379 e. The highest BCUT2D eigenvalue weighted by molar-refractivity contribution is 6.10. The molecule has 8 nitrogen and oxygen atoms in total. The average molecular weight is 415 g/mol. The number of imide groups is 1. The molecule has 2 saturated heterocycles. The van der Waals surface area contributed by atoms with Gasteiger partial charge in [-0.15, -0.1) is 0 Å². The van der Waals surface area contributed by atoms with Gasteiger partial charge in [-0.3, -0.25) is 19.4 Å². The third kappa shape index (κ3) is 4.65. The first-order valence-electron chi connectivity index (χ1n) is 10.9. The fourth-order valence-corrected chi connectivity index (χ4v) is 4.55. The minimum atomic E-state index is -0.811. The molecule has 0 aromatic heterocycles. The molecule has 3 aliphatic rings. The van der Waals surface area contributed by atoms with Crippen LogP contribution < -0.4 is 10.6 Å². The molecule has 4 amide bonds. The molecule has 1 saturated carbocycles. The number of nitrogens with one attached hydrogen (secondary N) is 2. The van der Waals surface area contributed by atoms with Crippen LogP contribution in [0.5, 0.6) is 0 Å². The molecule has 30 heavy (non-hydrogen) atoms. The number of carbonyl (C=O) groups is 3. The standard InChI is InChI=1S/C22H30N4O4/c27-19(16-26-20(28)22(24-21(26)29)9-3-1-2-4-10-22)23-18-7-5-17(6-8-18)15-25-11-13-30-14-12-25/h5-8H,1-4,9-16H2,(H,23,27)(H,24,29). The Morgan fingerprint density at radius 3 is 2.37 bits per heavy atom. The van der Waals surface area contributed by atoms with Crippen molar-refractivity contribution in [3.05, 3.63) is 29.8 Å². The first-order valence-corrected chi connectivity index (χ1v) is 10.9. The second kappa shape index (κ2) is 9.14. The predicted octanol–water partition coefficient (Wildman–Crippen LogP) is 2.10. The van der Waals surface area contributed by atoms with Gasteiger partial charge in [0.05, 0.1) is 13.2 Å². The number of anilines is 1. The van der Waals surface area contributed by atoms with E-state index in [0.717, 1.165) is 63.4 Å². The van der Waals surface area contributed by atoms with Crippen molar-refractivity contribution in [1.82, 2.24) is 15.1 Å². The summed E-state index contributed by atoms with van der Waals surface area (Å²) in [6, 6.07) is 7.22. The SMILES string of the molecule is O=C(CN1C(=O)NC2(CCCCCC2)C1=O)Nc1ccc(CN2CCOCC2)cc1. The van der Waals surface area contributed by atoms with Gasteiger partial charge in [-0.1, -0.05) is 37.8 Å². The van der Waals surface area contributed by atoms with E-state index in [9.17, 15) is 14.4 Å². The zero-order chi connectivity index (χ0) is 21.0. The van der Waals surface area contributed by atoms with E-state index in [2.05, 4.69) is 15.5 Å². The Hall–Kier alpha value is -2.45. The number of nitrogens with zero attached hydrogens (tertiary/aromatic N) is 2. The molecule has 0 unspecified atom stereocenters. The first kappa shape index (κ1) is 20.8. The average Bonchev–Trinajstić information content (AvgIpc) is 2.91. The van der Waals surface area contributed by atoms with Crippen molar-refractivity contribution < 1.29 is 19.1 Å². The van der Waals surface area contributed by atoms with E-state index in [4.69, 9.17) is 4.74 Å². The molecular formula is C22H30N4O4. The first-order chi connectivity index (χ1) is 14.6. The summed E-state index contributed by atoms with van der Waals surface area (Å²) in [6.45, 7) is 3.96. The van der Waals surface area contributed by atoms with Crippen molar-refractivity contribution >= 4 is 23.5 Å². The molecule has 0 bridgehead atoms. The fourth-order valence-electron chi connectivity index (χ4n) is 4.55. The predicted molar refractivity (Wildman–Crippen MR) is 112 cm³/mol. The fraction of sp³-hybridized carbons (Fsp3) is 0.591. The van der Waals surface area contributed by atoms with E-state index in [1.807, 2.05) is 24.3 Å². The maximum Gasteiger partial charge on any atom is 0.325 e. The zero-order valence-electron chi connectivity index (χ0n) is 17.3. The number of hydrogen-bond acceptors (Lipinski definition) is 5. The maximum absolute atomic E-state index is 12.9. The summed E-state index contributed by atoms with van der Waals surface area (Å²) in [7, 11) is 0. The van der Waals surface area contributed by atoms with Crippen molar-refractivity contribution in [3.8, 4) is 0 Å². The highest BCUT2D eigenvalue weighted by Gasteiger charge is 2.51. The number of ether oxygens (including phenoxy) is 1. The molecule has 0 radical (unpaired) electrons. The second-order valence-electron chi connectivity index (χ2n) is 8.45. The quantitative estimate of drug-likeness (QED) is 0.720. The summed E-state index contributed by atoms with van der Waals surface area (Å²) in [5.41, 5.74) is 1.01. The second-order valence-corrected chi connectivity index (χ2v) is 8.45. The van der Waals surface area contributed by atoms with E-state index in [0.29, 0.717) is 18.5 Å². The van der Waals surface area contributed by atoms with Crippen LogP contribution in [0.1, 0.15) is 44.1 Å². The lowest BCUT2D eigenvalue weighted by Gasteiger charge is -2.26.